The molecule has 8 heteroatoms. The molecule has 0 spiro atoms. The second kappa shape index (κ2) is 5.82. The van der Waals surface area contributed by atoms with E-state index in [2.05, 4.69) is 15.9 Å². The third-order valence-corrected chi connectivity index (χ3v) is 4.15. The lowest BCUT2D eigenvalue weighted by Gasteiger charge is -2.16. The first-order valence-corrected chi connectivity index (χ1v) is 7.05. The molecule has 1 heterocycles. The maximum atomic E-state index is 13.9. The maximum Gasteiger partial charge on any atom is 0.308 e. The predicted molar refractivity (Wildman–Crippen MR) is 70.8 cm³/mol. The fraction of sp³-hybridized carbons (Fsp3) is 0.417. The van der Waals surface area contributed by atoms with E-state index in [1.165, 1.54) is 4.90 Å². The highest BCUT2D eigenvalue weighted by Crippen LogP contribution is 2.26. The Hall–Kier alpha value is -1.57. The van der Waals surface area contributed by atoms with E-state index in [1.807, 2.05) is 0 Å². The smallest absolute Gasteiger partial charge is 0.308 e. The molecule has 0 radical (unpaired) electrons. The van der Waals surface area contributed by atoms with Crippen molar-refractivity contribution in [3.63, 3.8) is 0 Å². The van der Waals surface area contributed by atoms with Gasteiger partial charge < -0.3 is 4.90 Å². The first-order chi connectivity index (χ1) is 9.43. The highest BCUT2D eigenvalue weighted by atomic mass is 79.9. The van der Waals surface area contributed by atoms with Crippen LogP contribution in [0.25, 0.3) is 0 Å². The number of hydrogen-bond donors (Lipinski definition) is 0. The van der Waals surface area contributed by atoms with Gasteiger partial charge in [0.05, 0.1) is 16.6 Å². The van der Waals surface area contributed by atoms with Gasteiger partial charge in [0.2, 0.25) is 5.82 Å². The summed E-state index contributed by atoms with van der Waals surface area (Å²) in [6, 6.07) is 1.17. The molecule has 20 heavy (non-hydrogen) atoms. The third-order valence-electron chi connectivity index (χ3n) is 3.24. The summed E-state index contributed by atoms with van der Waals surface area (Å²) in [7, 11) is 0. The normalized spacial score (nSPS) is 18.4. The Morgan fingerprint density at radius 3 is 2.75 bits per heavy atom. The molecule has 108 valence electrons. The first-order valence-electron chi connectivity index (χ1n) is 5.92. The molecule has 1 fully saturated rings. The Bertz CT molecular complexity index is 568. The van der Waals surface area contributed by atoms with Gasteiger partial charge in [0.15, 0.2) is 0 Å². The van der Waals surface area contributed by atoms with Gasteiger partial charge in [-0.1, -0.05) is 15.9 Å². The quantitative estimate of drug-likeness (QED) is 0.479. The Kier molecular flexibility index (Phi) is 4.32. The summed E-state index contributed by atoms with van der Waals surface area (Å²) in [5.74, 6) is -2.75. The summed E-state index contributed by atoms with van der Waals surface area (Å²) < 4.78 is 27.2. The molecular formula is C12H11BrF2N2O3. The number of benzene rings is 1. The monoisotopic (exact) mass is 348 g/mol. The van der Waals surface area contributed by atoms with Crippen molar-refractivity contribution in [2.75, 3.05) is 18.4 Å². The second-order valence-corrected chi connectivity index (χ2v) is 5.25. The van der Waals surface area contributed by atoms with E-state index in [-0.39, 0.29) is 5.92 Å². The molecule has 1 amide bonds. The minimum absolute atomic E-state index is 0.255. The summed E-state index contributed by atoms with van der Waals surface area (Å²) >= 11 is 3.30. The van der Waals surface area contributed by atoms with Crippen LogP contribution in [0.5, 0.6) is 0 Å². The second-order valence-electron chi connectivity index (χ2n) is 4.60. The van der Waals surface area contributed by atoms with Crippen LogP contribution >= 0.6 is 15.9 Å². The number of carbonyl (C=O) groups is 1. The molecule has 0 bridgehead atoms. The van der Waals surface area contributed by atoms with Crippen molar-refractivity contribution in [2.24, 2.45) is 5.92 Å². The molecular weight excluding hydrogens is 338 g/mol. The van der Waals surface area contributed by atoms with Crippen molar-refractivity contribution in [3.05, 3.63) is 39.4 Å². The molecule has 1 saturated heterocycles. The van der Waals surface area contributed by atoms with Crippen molar-refractivity contribution in [2.45, 2.75) is 6.42 Å². The number of carbonyl (C=O) groups excluding carboxylic acids is 1. The standard InChI is InChI=1S/C12H11BrF2N2O3/c13-5-7-1-2-16(6-7)12(18)9-3-8(14)4-10(11(9)15)17(19)20/h3-4,7H,1-2,5-6H2. The summed E-state index contributed by atoms with van der Waals surface area (Å²) in [4.78, 5) is 23.1. The molecule has 1 atom stereocenters. The Labute approximate surface area is 121 Å². The van der Waals surface area contributed by atoms with Crippen molar-refractivity contribution in [1.82, 2.24) is 4.90 Å². The molecule has 5 nitrogen and oxygen atoms in total. The number of likely N-dealkylation sites (tertiary alicyclic amines) is 1. The number of alkyl halides is 1. The Morgan fingerprint density at radius 1 is 1.50 bits per heavy atom. The third kappa shape index (κ3) is 2.79. The summed E-state index contributed by atoms with van der Waals surface area (Å²) in [6.07, 6.45) is 0.760. The van der Waals surface area contributed by atoms with Gasteiger partial charge in [-0.05, 0) is 18.4 Å². The highest BCUT2D eigenvalue weighted by Gasteiger charge is 2.31. The van der Waals surface area contributed by atoms with Crippen molar-refractivity contribution in [3.8, 4) is 0 Å². The van der Waals surface area contributed by atoms with Crippen LogP contribution in [0.4, 0.5) is 14.5 Å². The van der Waals surface area contributed by atoms with Gasteiger partial charge in [0.1, 0.15) is 5.82 Å². The lowest BCUT2D eigenvalue weighted by molar-refractivity contribution is -0.387. The van der Waals surface area contributed by atoms with Crippen LogP contribution in [0.2, 0.25) is 0 Å². The maximum absolute atomic E-state index is 13.9. The number of hydrogen-bond acceptors (Lipinski definition) is 3. The zero-order chi connectivity index (χ0) is 14.9. The van der Waals surface area contributed by atoms with Gasteiger partial charge in [-0.3, -0.25) is 14.9 Å². The molecule has 0 N–H and O–H groups in total. The number of amides is 1. The number of halogens is 3. The Morgan fingerprint density at radius 2 is 2.20 bits per heavy atom. The van der Waals surface area contributed by atoms with Crippen LogP contribution in [0.1, 0.15) is 16.8 Å². The van der Waals surface area contributed by atoms with E-state index in [0.717, 1.165) is 6.42 Å². The van der Waals surface area contributed by atoms with Crippen LogP contribution in [0, 0.1) is 27.7 Å². The average Bonchev–Trinajstić information content (AvgIpc) is 2.88. The van der Waals surface area contributed by atoms with E-state index in [9.17, 15) is 23.7 Å². The summed E-state index contributed by atoms with van der Waals surface area (Å²) in [5, 5.41) is 11.3. The molecule has 1 unspecified atom stereocenters. The van der Waals surface area contributed by atoms with Gasteiger partial charge in [-0.2, -0.15) is 4.39 Å². The number of rotatable bonds is 3. The molecule has 2 rings (SSSR count). The van der Waals surface area contributed by atoms with Gasteiger partial charge in [0.25, 0.3) is 5.91 Å². The fourth-order valence-electron chi connectivity index (χ4n) is 2.18. The van der Waals surface area contributed by atoms with Gasteiger partial charge in [0, 0.05) is 18.4 Å². The zero-order valence-corrected chi connectivity index (χ0v) is 11.9. The molecule has 1 aromatic carbocycles. The van der Waals surface area contributed by atoms with Crippen LogP contribution < -0.4 is 0 Å². The van der Waals surface area contributed by atoms with E-state index in [1.54, 1.807) is 0 Å². The molecule has 0 aliphatic carbocycles. The lowest BCUT2D eigenvalue weighted by atomic mass is 10.1. The van der Waals surface area contributed by atoms with Crippen molar-refractivity contribution >= 4 is 27.5 Å². The van der Waals surface area contributed by atoms with Crippen LogP contribution in [-0.4, -0.2) is 34.2 Å². The average molecular weight is 349 g/mol. The van der Waals surface area contributed by atoms with E-state index >= 15 is 0 Å². The topological polar surface area (TPSA) is 63.4 Å². The van der Waals surface area contributed by atoms with E-state index in [4.69, 9.17) is 0 Å². The minimum atomic E-state index is -1.29. The Balaban J connectivity index is 2.33. The van der Waals surface area contributed by atoms with Gasteiger partial charge in [-0.15, -0.1) is 0 Å². The lowest BCUT2D eigenvalue weighted by Crippen LogP contribution is -2.30. The molecule has 1 aliphatic heterocycles. The molecule has 1 aliphatic rings. The number of nitro groups is 1. The van der Waals surface area contributed by atoms with Crippen LogP contribution in [-0.2, 0) is 0 Å². The fourth-order valence-corrected chi connectivity index (χ4v) is 2.71. The molecule has 0 aromatic heterocycles. The zero-order valence-electron chi connectivity index (χ0n) is 10.3. The number of nitro benzene ring substituents is 1. The number of nitrogens with zero attached hydrogens (tertiary/aromatic N) is 2. The van der Waals surface area contributed by atoms with E-state index < -0.39 is 33.7 Å². The largest absolute Gasteiger partial charge is 0.338 e. The van der Waals surface area contributed by atoms with Gasteiger partial charge in [-0.25, -0.2) is 4.39 Å². The highest BCUT2D eigenvalue weighted by molar-refractivity contribution is 9.09. The molecule has 0 saturated carbocycles. The summed E-state index contributed by atoms with van der Waals surface area (Å²) in [6.45, 7) is 0.854. The first kappa shape index (κ1) is 14.8. The predicted octanol–water partition coefficient (Wildman–Crippen LogP) is 2.73. The van der Waals surface area contributed by atoms with Gasteiger partial charge >= 0.3 is 5.69 Å². The SMILES string of the molecule is O=C(c1cc(F)cc([N+](=O)[O-])c1F)N1CCC(CBr)C1. The summed E-state index contributed by atoms with van der Waals surface area (Å²) in [5.41, 5.74) is -1.61. The minimum Gasteiger partial charge on any atom is -0.338 e. The van der Waals surface area contributed by atoms with Crippen LogP contribution in [0.15, 0.2) is 12.1 Å². The van der Waals surface area contributed by atoms with Crippen molar-refractivity contribution in [1.29, 1.82) is 0 Å². The van der Waals surface area contributed by atoms with Crippen LogP contribution in [0.3, 0.4) is 0 Å². The van der Waals surface area contributed by atoms with E-state index in [0.29, 0.717) is 30.6 Å². The van der Waals surface area contributed by atoms with Crippen molar-refractivity contribution < 1.29 is 18.5 Å². The molecule has 1 aromatic rings.